The Bertz CT molecular complexity index is 564. The highest BCUT2D eigenvalue weighted by molar-refractivity contribution is 5.91. The Morgan fingerprint density at radius 1 is 1.25 bits per heavy atom. The van der Waals surface area contributed by atoms with Gasteiger partial charge < -0.3 is 5.32 Å². The summed E-state index contributed by atoms with van der Waals surface area (Å²) in [5, 5.41) is 10.4. The molecule has 0 aromatic carbocycles. The molecule has 2 N–H and O–H groups in total. The molecule has 1 amide bonds. The van der Waals surface area contributed by atoms with E-state index in [0.29, 0.717) is 11.9 Å². The van der Waals surface area contributed by atoms with Crippen LogP contribution in [0.3, 0.4) is 0 Å². The van der Waals surface area contributed by atoms with Crippen LogP contribution in [0.25, 0.3) is 0 Å². The molecule has 6 nitrogen and oxygen atoms in total. The normalized spacial score (nSPS) is 22.0. The highest BCUT2D eigenvalue weighted by atomic mass is 35.5. The van der Waals surface area contributed by atoms with Gasteiger partial charge in [-0.3, -0.25) is 10.1 Å². The Labute approximate surface area is 146 Å². The first kappa shape index (κ1) is 19.1. The highest BCUT2D eigenvalue weighted by Crippen LogP contribution is 2.36. The van der Waals surface area contributed by atoms with E-state index >= 15 is 0 Å². The Morgan fingerprint density at radius 2 is 1.88 bits per heavy atom. The Morgan fingerprint density at radius 3 is 2.50 bits per heavy atom. The first-order chi connectivity index (χ1) is 10.9. The lowest BCUT2D eigenvalue weighted by Gasteiger charge is -2.27. The SMILES string of the molecule is Cl.Cn1nc(C2CCNCC2)nc1NC(=O)C1CCC(F)(F)CC1. The van der Waals surface area contributed by atoms with Gasteiger partial charge in [0.1, 0.15) is 0 Å². The lowest BCUT2D eigenvalue weighted by molar-refractivity contribution is -0.124. The number of carbonyl (C=O) groups is 1. The number of halogens is 3. The number of anilines is 1. The molecule has 2 fully saturated rings. The summed E-state index contributed by atoms with van der Waals surface area (Å²) in [5.41, 5.74) is 0. The van der Waals surface area contributed by atoms with Crippen LogP contribution in [0, 0.1) is 5.92 Å². The van der Waals surface area contributed by atoms with Gasteiger partial charge in [0.15, 0.2) is 5.82 Å². The molecule has 136 valence electrons. The largest absolute Gasteiger partial charge is 0.317 e. The van der Waals surface area contributed by atoms with Gasteiger partial charge in [0.05, 0.1) is 0 Å². The number of nitrogens with one attached hydrogen (secondary N) is 2. The van der Waals surface area contributed by atoms with Gasteiger partial charge in [0.25, 0.3) is 0 Å². The first-order valence-electron chi connectivity index (χ1n) is 8.25. The number of aromatic nitrogens is 3. The second-order valence-electron chi connectivity index (χ2n) is 6.56. The maximum absolute atomic E-state index is 13.2. The quantitative estimate of drug-likeness (QED) is 0.865. The topological polar surface area (TPSA) is 71.8 Å². The lowest BCUT2D eigenvalue weighted by Crippen LogP contribution is -2.32. The Hall–Kier alpha value is -1.28. The smallest absolute Gasteiger partial charge is 0.248 e. The molecule has 3 rings (SSSR count). The minimum atomic E-state index is -2.62. The number of hydrogen-bond donors (Lipinski definition) is 2. The van der Waals surface area contributed by atoms with Gasteiger partial charge in [0.2, 0.25) is 17.8 Å². The van der Waals surface area contributed by atoms with E-state index in [1.165, 1.54) is 0 Å². The molecule has 1 aromatic rings. The molecule has 1 saturated heterocycles. The lowest BCUT2D eigenvalue weighted by atomic mass is 9.86. The van der Waals surface area contributed by atoms with Crippen LogP contribution in [-0.2, 0) is 11.8 Å². The zero-order chi connectivity index (χ0) is 16.4. The van der Waals surface area contributed by atoms with Crippen molar-refractivity contribution in [3.63, 3.8) is 0 Å². The number of nitrogens with zero attached hydrogens (tertiary/aromatic N) is 3. The average Bonchev–Trinajstić information content (AvgIpc) is 2.89. The average molecular weight is 364 g/mol. The van der Waals surface area contributed by atoms with Gasteiger partial charge in [0, 0.05) is 31.7 Å². The van der Waals surface area contributed by atoms with Crippen molar-refractivity contribution >= 4 is 24.3 Å². The van der Waals surface area contributed by atoms with E-state index in [0.717, 1.165) is 31.8 Å². The van der Waals surface area contributed by atoms with Crippen LogP contribution in [0.1, 0.15) is 50.3 Å². The summed E-state index contributed by atoms with van der Waals surface area (Å²) in [6.07, 6.45) is 1.97. The van der Waals surface area contributed by atoms with Gasteiger partial charge in [-0.15, -0.1) is 12.4 Å². The van der Waals surface area contributed by atoms with E-state index in [1.54, 1.807) is 11.7 Å². The summed E-state index contributed by atoms with van der Waals surface area (Å²) < 4.78 is 27.9. The number of amides is 1. The van der Waals surface area contributed by atoms with Gasteiger partial charge >= 0.3 is 0 Å². The van der Waals surface area contributed by atoms with Crippen LogP contribution in [0.5, 0.6) is 0 Å². The predicted octanol–water partition coefficient (Wildman–Crippen LogP) is 2.47. The summed E-state index contributed by atoms with van der Waals surface area (Å²) in [4.78, 5) is 16.7. The molecule has 0 radical (unpaired) electrons. The number of rotatable bonds is 3. The molecule has 1 aromatic heterocycles. The molecule has 1 aliphatic carbocycles. The van der Waals surface area contributed by atoms with E-state index in [2.05, 4.69) is 20.7 Å². The summed E-state index contributed by atoms with van der Waals surface area (Å²) >= 11 is 0. The van der Waals surface area contributed by atoms with Crippen LogP contribution in [0.4, 0.5) is 14.7 Å². The van der Waals surface area contributed by atoms with Crippen molar-refractivity contribution in [1.82, 2.24) is 20.1 Å². The number of hydrogen-bond acceptors (Lipinski definition) is 4. The van der Waals surface area contributed by atoms with Crippen molar-refractivity contribution in [2.75, 3.05) is 18.4 Å². The Kier molecular flexibility index (Phi) is 6.14. The summed E-state index contributed by atoms with van der Waals surface area (Å²) in [7, 11) is 1.74. The van der Waals surface area contributed by atoms with Crippen molar-refractivity contribution in [3.05, 3.63) is 5.82 Å². The highest BCUT2D eigenvalue weighted by Gasteiger charge is 2.37. The van der Waals surface area contributed by atoms with Gasteiger partial charge in [-0.25, -0.2) is 13.5 Å². The molecule has 0 atom stereocenters. The molecule has 2 aliphatic rings. The molecular weight excluding hydrogens is 340 g/mol. The third-order valence-electron chi connectivity index (χ3n) is 4.81. The van der Waals surface area contributed by atoms with E-state index in [9.17, 15) is 13.6 Å². The molecule has 1 aliphatic heterocycles. The van der Waals surface area contributed by atoms with Gasteiger partial charge in [-0.2, -0.15) is 10.1 Å². The van der Waals surface area contributed by atoms with Crippen LogP contribution >= 0.6 is 12.4 Å². The number of aryl methyl sites for hydroxylation is 1. The van der Waals surface area contributed by atoms with Crippen LogP contribution in [0.15, 0.2) is 0 Å². The summed E-state index contributed by atoms with van der Waals surface area (Å²) in [5.74, 6) is -1.76. The standard InChI is InChI=1S/C15H23F2N5O.ClH/c1-22-14(19-12(21-22)10-4-8-18-9-5-10)20-13(23)11-2-6-15(16,17)7-3-11;/h10-11,18H,2-9H2,1H3,(H,19,20,21,23);1H. The summed E-state index contributed by atoms with van der Waals surface area (Å²) in [6.45, 7) is 1.89. The zero-order valence-corrected chi connectivity index (χ0v) is 14.5. The second kappa shape index (κ2) is 7.74. The molecule has 2 heterocycles. The monoisotopic (exact) mass is 363 g/mol. The molecule has 24 heavy (non-hydrogen) atoms. The van der Waals surface area contributed by atoms with Gasteiger partial charge in [-0.1, -0.05) is 0 Å². The minimum Gasteiger partial charge on any atom is -0.317 e. The maximum Gasteiger partial charge on any atom is 0.248 e. The molecule has 0 unspecified atom stereocenters. The first-order valence-corrected chi connectivity index (χ1v) is 8.25. The zero-order valence-electron chi connectivity index (χ0n) is 13.7. The Balaban J connectivity index is 0.00000208. The fraction of sp³-hybridized carbons (Fsp3) is 0.800. The third kappa shape index (κ3) is 4.42. The van der Waals surface area contributed by atoms with Crippen molar-refractivity contribution in [2.45, 2.75) is 50.4 Å². The van der Waals surface area contributed by atoms with E-state index in [4.69, 9.17) is 0 Å². The minimum absolute atomic E-state index is 0. The molecular formula is C15H24ClF2N5O. The predicted molar refractivity (Wildman–Crippen MR) is 88.6 cm³/mol. The van der Waals surface area contributed by atoms with Crippen LogP contribution in [-0.4, -0.2) is 39.7 Å². The second-order valence-corrected chi connectivity index (χ2v) is 6.56. The van der Waals surface area contributed by atoms with Crippen molar-refractivity contribution in [3.8, 4) is 0 Å². The summed E-state index contributed by atoms with van der Waals surface area (Å²) in [6, 6.07) is 0. The number of alkyl halides is 2. The van der Waals surface area contributed by atoms with Crippen LogP contribution < -0.4 is 10.6 Å². The van der Waals surface area contributed by atoms with E-state index in [-0.39, 0.29) is 49.9 Å². The van der Waals surface area contributed by atoms with Crippen LogP contribution in [0.2, 0.25) is 0 Å². The third-order valence-corrected chi connectivity index (χ3v) is 4.81. The molecule has 9 heteroatoms. The fourth-order valence-electron chi connectivity index (χ4n) is 3.28. The van der Waals surface area contributed by atoms with Gasteiger partial charge in [-0.05, 0) is 38.8 Å². The maximum atomic E-state index is 13.2. The van der Waals surface area contributed by atoms with Crippen molar-refractivity contribution < 1.29 is 13.6 Å². The number of carbonyl (C=O) groups excluding carboxylic acids is 1. The van der Waals surface area contributed by atoms with E-state index in [1.807, 2.05) is 0 Å². The fourth-order valence-corrected chi connectivity index (χ4v) is 3.28. The number of piperidine rings is 1. The van der Waals surface area contributed by atoms with E-state index < -0.39 is 5.92 Å². The molecule has 1 saturated carbocycles. The molecule has 0 bridgehead atoms. The van der Waals surface area contributed by atoms with Crippen molar-refractivity contribution in [1.29, 1.82) is 0 Å². The molecule has 0 spiro atoms. The van der Waals surface area contributed by atoms with Crippen molar-refractivity contribution in [2.24, 2.45) is 13.0 Å².